The predicted molar refractivity (Wildman–Crippen MR) is 38.6 cm³/mol. The van der Waals surface area contributed by atoms with Crippen molar-refractivity contribution in [3.63, 3.8) is 0 Å². The summed E-state index contributed by atoms with van der Waals surface area (Å²) in [6.07, 6.45) is 1.58. The van der Waals surface area contributed by atoms with Crippen molar-refractivity contribution in [1.29, 1.82) is 0 Å². The normalized spacial score (nSPS) is 9.30. The van der Waals surface area contributed by atoms with E-state index in [0.717, 1.165) is 0 Å². The molecule has 0 saturated heterocycles. The summed E-state index contributed by atoms with van der Waals surface area (Å²) in [5, 5.41) is 4.63. The van der Waals surface area contributed by atoms with E-state index in [1.807, 2.05) is 0 Å². The summed E-state index contributed by atoms with van der Waals surface area (Å²) in [5.74, 6) is -0.211. The number of carbonyl (C=O) groups excluding carboxylic acids is 1. The third-order valence-electron chi connectivity index (χ3n) is 0.889. The zero-order valence-electron chi connectivity index (χ0n) is 5.20. The molecule has 0 aliphatic carbocycles. The first-order valence-electron chi connectivity index (χ1n) is 2.72. The van der Waals surface area contributed by atoms with E-state index >= 15 is 0 Å². The van der Waals surface area contributed by atoms with Crippen LogP contribution in [0.25, 0.3) is 0 Å². The first kappa shape index (κ1) is 7.17. The second-order valence-electron chi connectivity index (χ2n) is 1.55. The van der Waals surface area contributed by atoms with Gasteiger partial charge in [-0.05, 0) is 0 Å². The van der Waals surface area contributed by atoms with Crippen LogP contribution in [0.2, 0.25) is 0 Å². The summed E-state index contributed by atoms with van der Waals surface area (Å²) in [4.78, 5) is 14.6. The zero-order chi connectivity index (χ0) is 7.40. The maximum atomic E-state index is 10.9. The lowest BCUT2D eigenvalue weighted by Crippen LogP contribution is -2.29. The standard InChI is InChI=1S/C5H7N3OS/c6-3-8-4(9)5-7-1-2-10-5/h1-2H,3,6H2,(H,8,9). The van der Waals surface area contributed by atoms with Gasteiger partial charge in [-0.1, -0.05) is 0 Å². The van der Waals surface area contributed by atoms with Gasteiger partial charge in [0.15, 0.2) is 5.01 Å². The van der Waals surface area contributed by atoms with Gasteiger partial charge in [0, 0.05) is 11.6 Å². The van der Waals surface area contributed by atoms with Crippen molar-refractivity contribution in [2.75, 3.05) is 6.67 Å². The molecule has 0 atom stereocenters. The highest BCUT2D eigenvalue weighted by Gasteiger charge is 2.04. The number of nitrogens with zero attached hydrogens (tertiary/aromatic N) is 1. The zero-order valence-corrected chi connectivity index (χ0v) is 6.02. The van der Waals surface area contributed by atoms with Crippen molar-refractivity contribution in [1.82, 2.24) is 10.3 Å². The van der Waals surface area contributed by atoms with Crippen molar-refractivity contribution in [3.8, 4) is 0 Å². The van der Waals surface area contributed by atoms with E-state index in [1.54, 1.807) is 11.6 Å². The highest BCUT2D eigenvalue weighted by molar-refractivity contribution is 7.11. The van der Waals surface area contributed by atoms with Crippen molar-refractivity contribution >= 4 is 17.2 Å². The van der Waals surface area contributed by atoms with Gasteiger partial charge in [0.1, 0.15) is 0 Å². The summed E-state index contributed by atoms with van der Waals surface area (Å²) in [6.45, 7) is 0.151. The minimum Gasteiger partial charge on any atom is -0.338 e. The number of nitrogens with one attached hydrogen (secondary N) is 1. The summed E-state index contributed by atoms with van der Waals surface area (Å²) in [5.41, 5.74) is 5.08. The highest BCUT2D eigenvalue weighted by atomic mass is 32.1. The quantitative estimate of drug-likeness (QED) is 0.584. The van der Waals surface area contributed by atoms with Crippen LogP contribution in [-0.4, -0.2) is 17.6 Å². The Morgan fingerprint density at radius 1 is 1.90 bits per heavy atom. The second-order valence-corrected chi connectivity index (χ2v) is 2.44. The van der Waals surface area contributed by atoms with Gasteiger partial charge in [0.2, 0.25) is 0 Å². The molecular weight excluding hydrogens is 150 g/mol. The third kappa shape index (κ3) is 1.52. The van der Waals surface area contributed by atoms with E-state index in [9.17, 15) is 4.79 Å². The van der Waals surface area contributed by atoms with E-state index in [2.05, 4.69) is 10.3 Å². The number of rotatable bonds is 2. The number of aromatic nitrogens is 1. The van der Waals surface area contributed by atoms with E-state index in [-0.39, 0.29) is 12.6 Å². The number of thiazole rings is 1. The number of amides is 1. The van der Waals surface area contributed by atoms with Gasteiger partial charge in [0.05, 0.1) is 6.67 Å². The van der Waals surface area contributed by atoms with Gasteiger partial charge in [-0.15, -0.1) is 11.3 Å². The van der Waals surface area contributed by atoms with Crippen LogP contribution in [0.4, 0.5) is 0 Å². The molecule has 1 rings (SSSR count). The van der Waals surface area contributed by atoms with E-state index < -0.39 is 0 Å². The Labute approximate surface area is 62.1 Å². The maximum Gasteiger partial charge on any atom is 0.281 e. The molecule has 0 saturated carbocycles. The Bertz CT molecular complexity index is 209. The summed E-state index contributed by atoms with van der Waals surface area (Å²) >= 11 is 1.29. The average molecular weight is 157 g/mol. The molecule has 5 heteroatoms. The van der Waals surface area contributed by atoms with Gasteiger partial charge >= 0.3 is 0 Å². The molecule has 1 aromatic rings. The maximum absolute atomic E-state index is 10.9. The molecule has 1 heterocycles. The molecule has 0 unspecified atom stereocenters. The van der Waals surface area contributed by atoms with E-state index in [4.69, 9.17) is 5.73 Å². The Morgan fingerprint density at radius 2 is 2.70 bits per heavy atom. The van der Waals surface area contributed by atoms with Crippen LogP contribution in [0.3, 0.4) is 0 Å². The molecule has 0 aliphatic rings. The fourth-order valence-corrected chi connectivity index (χ4v) is 1.06. The third-order valence-corrected chi connectivity index (χ3v) is 1.66. The van der Waals surface area contributed by atoms with Crippen molar-refractivity contribution < 1.29 is 4.79 Å². The van der Waals surface area contributed by atoms with Gasteiger partial charge in [-0.3, -0.25) is 4.79 Å². The molecule has 3 N–H and O–H groups in total. The van der Waals surface area contributed by atoms with E-state index in [1.165, 1.54) is 11.3 Å². The molecule has 10 heavy (non-hydrogen) atoms. The Kier molecular flexibility index (Phi) is 2.35. The Balaban J connectivity index is 2.59. The molecule has 0 aromatic carbocycles. The molecule has 54 valence electrons. The van der Waals surface area contributed by atoms with Crippen LogP contribution in [0.1, 0.15) is 9.80 Å². The monoisotopic (exact) mass is 157 g/mol. The molecule has 1 aromatic heterocycles. The first-order valence-corrected chi connectivity index (χ1v) is 3.60. The lowest BCUT2D eigenvalue weighted by molar-refractivity contribution is 0.0954. The molecule has 0 aliphatic heterocycles. The van der Waals surface area contributed by atoms with Crippen LogP contribution >= 0.6 is 11.3 Å². The van der Waals surface area contributed by atoms with Gasteiger partial charge in [-0.2, -0.15) is 0 Å². The smallest absolute Gasteiger partial charge is 0.281 e. The largest absolute Gasteiger partial charge is 0.338 e. The van der Waals surface area contributed by atoms with Gasteiger partial charge < -0.3 is 11.1 Å². The predicted octanol–water partition coefficient (Wildman–Crippen LogP) is -0.211. The first-order chi connectivity index (χ1) is 4.84. The van der Waals surface area contributed by atoms with Crippen LogP contribution in [0.5, 0.6) is 0 Å². The van der Waals surface area contributed by atoms with Gasteiger partial charge in [-0.25, -0.2) is 4.98 Å². The lowest BCUT2D eigenvalue weighted by atomic mass is 10.6. The molecule has 0 fully saturated rings. The summed E-state index contributed by atoms with van der Waals surface area (Å²) in [6, 6.07) is 0. The summed E-state index contributed by atoms with van der Waals surface area (Å²) < 4.78 is 0. The van der Waals surface area contributed by atoms with Crippen LogP contribution in [0.15, 0.2) is 11.6 Å². The number of nitrogens with two attached hydrogens (primary N) is 1. The number of carbonyl (C=O) groups is 1. The van der Waals surface area contributed by atoms with Crippen molar-refractivity contribution in [3.05, 3.63) is 16.6 Å². The molecule has 0 bridgehead atoms. The Hall–Kier alpha value is -0.940. The fraction of sp³-hybridized carbons (Fsp3) is 0.200. The molecular formula is C5H7N3OS. The number of hydrogen-bond acceptors (Lipinski definition) is 4. The van der Waals surface area contributed by atoms with Crippen molar-refractivity contribution in [2.45, 2.75) is 0 Å². The topological polar surface area (TPSA) is 68.0 Å². The number of hydrogen-bond donors (Lipinski definition) is 2. The SMILES string of the molecule is NCNC(=O)c1nccs1. The van der Waals surface area contributed by atoms with Crippen LogP contribution in [0, 0.1) is 0 Å². The fourth-order valence-electron chi connectivity index (χ4n) is 0.504. The lowest BCUT2D eigenvalue weighted by Gasteiger charge is -1.94. The van der Waals surface area contributed by atoms with Crippen LogP contribution < -0.4 is 11.1 Å². The Morgan fingerprint density at radius 3 is 3.20 bits per heavy atom. The summed E-state index contributed by atoms with van der Waals surface area (Å²) in [7, 11) is 0. The minimum atomic E-state index is -0.211. The minimum absolute atomic E-state index is 0.151. The second kappa shape index (κ2) is 3.28. The van der Waals surface area contributed by atoms with E-state index in [0.29, 0.717) is 5.01 Å². The van der Waals surface area contributed by atoms with Gasteiger partial charge in [0.25, 0.3) is 5.91 Å². The highest BCUT2D eigenvalue weighted by Crippen LogP contribution is 2.01. The van der Waals surface area contributed by atoms with Crippen molar-refractivity contribution in [2.24, 2.45) is 5.73 Å². The molecule has 0 spiro atoms. The molecule has 0 radical (unpaired) electrons. The molecule has 1 amide bonds. The average Bonchev–Trinajstić information content (AvgIpc) is 2.38. The molecule has 4 nitrogen and oxygen atoms in total. The van der Waals surface area contributed by atoms with Crippen LogP contribution in [-0.2, 0) is 0 Å².